The Bertz CT molecular complexity index is 353. The van der Waals surface area contributed by atoms with Gasteiger partial charge in [0.25, 0.3) is 0 Å². The molecule has 0 fully saturated rings. The van der Waals surface area contributed by atoms with Crippen molar-refractivity contribution in [2.75, 3.05) is 0 Å². The van der Waals surface area contributed by atoms with Crippen LogP contribution in [0.15, 0.2) is 4.47 Å². The van der Waals surface area contributed by atoms with Gasteiger partial charge in [-0.05, 0) is 29.8 Å². The fraction of sp³-hybridized carbons (Fsp3) is 0.250. The van der Waals surface area contributed by atoms with Gasteiger partial charge in [-0.1, -0.05) is 11.6 Å². The molecule has 0 aromatic carbocycles. The van der Waals surface area contributed by atoms with Crippen molar-refractivity contribution in [1.29, 1.82) is 0 Å². The summed E-state index contributed by atoms with van der Waals surface area (Å²) in [5, 5.41) is 9.11. The number of aromatic nitrogens is 1. The molecule has 1 rings (SSSR count). The lowest BCUT2D eigenvalue weighted by atomic mass is 10.1. The molecular weight excluding hydrogens is 257 g/mol. The van der Waals surface area contributed by atoms with Crippen LogP contribution in [0.2, 0.25) is 5.15 Å². The van der Waals surface area contributed by atoms with Crippen molar-refractivity contribution in [1.82, 2.24) is 4.98 Å². The van der Waals surface area contributed by atoms with Crippen molar-refractivity contribution >= 4 is 33.5 Å². The molecule has 0 aliphatic rings. The molecule has 70 valence electrons. The number of aromatic carboxylic acids is 1. The quantitative estimate of drug-likeness (QED) is 0.794. The van der Waals surface area contributed by atoms with Crippen molar-refractivity contribution in [3.63, 3.8) is 0 Å². The van der Waals surface area contributed by atoms with Crippen LogP contribution >= 0.6 is 27.5 Å². The second-order valence-electron chi connectivity index (χ2n) is 2.61. The molecule has 0 radical (unpaired) electrons. The van der Waals surface area contributed by atoms with Crippen LogP contribution in [-0.2, 0) is 0 Å². The zero-order valence-corrected chi connectivity index (χ0v) is 9.40. The highest BCUT2D eigenvalue weighted by Gasteiger charge is 2.17. The average molecular weight is 265 g/mol. The molecule has 0 amide bonds. The van der Waals surface area contributed by atoms with E-state index in [0.717, 1.165) is 0 Å². The third kappa shape index (κ3) is 1.84. The number of hydrogen-bond donors (Lipinski definition) is 1. The van der Waals surface area contributed by atoms with Gasteiger partial charge in [0, 0.05) is 5.56 Å². The average Bonchev–Trinajstić information content (AvgIpc) is 2.01. The predicted molar refractivity (Wildman–Crippen MR) is 53.4 cm³/mol. The van der Waals surface area contributed by atoms with E-state index in [1.54, 1.807) is 13.8 Å². The molecule has 1 N–H and O–H groups in total. The summed E-state index contributed by atoms with van der Waals surface area (Å²) in [5.41, 5.74) is 1.23. The first-order chi connectivity index (χ1) is 5.95. The molecule has 0 aliphatic heterocycles. The molecule has 0 spiro atoms. The number of carbonyl (C=O) groups is 1. The van der Waals surface area contributed by atoms with Crippen molar-refractivity contribution in [2.24, 2.45) is 0 Å². The topological polar surface area (TPSA) is 50.2 Å². The minimum absolute atomic E-state index is 0.178. The van der Waals surface area contributed by atoms with E-state index in [4.69, 9.17) is 16.7 Å². The minimum Gasteiger partial charge on any atom is -0.478 e. The Kier molecular flexibility index (Phi) is 2.93. The van der Waals surface area contributed by atoms with E-state index in [9.17, 15) is 4.79 Å². The number of hydrogen-bond acceptors (Lipinski definition) is 2. The van der Waals surface area contributed by atoms with Crippen LogP contribution in [0, 0.1) is 13.8 Å². The summed E-state index contributed by atoms with van der Waals surface area (Å²) in [6, 6.07) is 0. The van der Waals surface area contributed by atoms with Crippen LogP contribution in [-0.4, -0.2) is 16.1 Å². The highest BCUT2D eigenvalue weighted by atomic mass is 79.9. The Balaban J connectivity index is 3.56. The van der Waals surface area contributed by atoms with Crippen molar-refractivity contribution in [3.8, 4) is 0 Å². The number of aryl methyl sites for hydroxylation is 1. The van der Waals surface area contributed by atoms with Gasteiger partial charge in [0.15, 0.2) is 0 Å². The van der Waals surface area contributed by atoms with Crippen molar-refractivity contribution in [2.45, 2.75) is 13.8 Å². The van der Waals surface area contributed by atoms with E-state index < -0.39 is 5.97 Å². The Morgan fingerprint density at radius 1 is 1.54 bits per heavy atom. The van der Waals surface area contributed by atoms with Gasteiger partial charge in [-0.2, -0.15) is 0 Å². The normalized spacial score (nSPS) is 10.2. The molecule has 1 aromatic heterocycles. The summed E-state index contributed by atoms with van der Waals surface area (Å²) in [6.45, 7) is 3.32. The monoisotopic (exact) mass is 263 g/mol. The summed E-state index contributed by atoms with van der Waals surface area (Å²) < 4.78 is 0.488. The maximum absolute atomic E-state index is 10.8. The van der Waals surface area contributed by atoms with E-state index >= 15 is 0 Å². The van der Waals surface area contributed by atoms with E-state index in [0.29, 0.717) is 15.7 Å². The molecule has 0 unspecified atom stereocenters. The first kappa shape index (κ1) is 10.5. The Morgan fingerprint density at radius 2 is 2.08 bits per heavy atom. The van der Waals surface area contributed by atoms with Crippen molar-refractivity contribution < 1.29 is 9.90 Å². The highest BCUT2D eigenvalue weighted by molar-refractivity contribution is 9.10. The number of halogens is 2. The Hall–Kier alpha value is -0.610. The molecule has 5 heteroatoms. The molecule has 1 aromatic rings. The third-order valence-electron chi connectivity index (χ3n) is 1.70. The van der Waals surface area contributed by atoms with Gasteiger partial charge in [0.2, 0.25) is 0 Å². The van der Waals surface area contributed by atoms with Crippen LogP contribution in [0.4, 0.5) is 0 Å². The fourth-order valence-corrected chi connectivity index (χ4v) is 1.76. The van der Waals surface area contributed by atoms with E-state index in [1.165, 1.54) is 0 Å². The van der Waals surface area contributed by atoms with Gasteiger partial charge < -0.3 is 5.11 Å². The Labute approximate surface area is 88.9 Å². The van der Waals surface area contributed by atoms with Crippen molar-refractivity contribution in [3.05, 3.63) is 26.4 Å². The smallest absolute Gasteiger partial charge is 0.337 e. The molecule has 0 atom stereocenters. The second kappa shape index (κ2) is 3.64. The van der Waals surface area contributed by atoms with Gasteiger partial charge in [0.1, 0.15) is 5.15 Å². The zero-order chi connectivity index (χ0) is 10.2. The molecule has 0 aliphatic carbocycles. The van der Waals surface area contributed by atoms with Gasteiger partial charge in [-0.25, -0.2) is 9.78 Å². The SMILES string of the molecule is Cc1nc(Cl)c(C)c(C(=O)O)c1Br. The van der Waals surface area contributed by atoms with E-state index in [2.05, 4.69) is 20.9 Å². The summed E-state index contributed by atoms with van der Waals surface area (Å²) in [5.74, 6) is -1.00. The number of carboxylic acids is 1. The molecule has 0 bridgehead atoms. The van der Waals surface area contributed by atoms with Gasteiger partial charge >= 0.3 is 5.97 Å². The molecule has 0 saturated carbocycles. The first-order valence-corrected chi connectivity index (χ1v) is 4.67. The third-order valence-corrected chi connectivity index (χ3v) is 3.04. The maximum Gasteiger partial charge on any atom is 0.337 e. The van der Waals surface area contributed by atoms with Gasteiger partial charge in [0.05, 0.1) is 15.7 Å². The highest BCUT2D eigenvalue weighted by Crippen LogP contribution is 2.27. The molecule has 1 heterocycles. The van der Waals surface area contributed by atoms with Crippen LogP contribution in [0.5, 0.6) is 0 Å². The predicted octanol–water partition coefficient (Wildman–Crippen LogP) is 2.81. The van der Waals surface area contributed by atoms with Crippen LogP contribution in [0.1, 0.15) is 21.6 Å². The number of carboxylic acid groups (broad SMARTS) is 1. The summed E-state index contributed by atoms with van der Waals surface area (Å²) in [4.78, 5) is 14.8. The first-order valence-electron chi connectivity index (χ1n) is 3.50. The summed E-state index contributed by atoms with van der Waals surface area (Å²) in [7, 11) is 0. The second-order valence-corrected chi connectivity index (χ2v) is 3.76. The molecule has 0 saturated heterocycles. The van der Waals surface area contributed by atoms with Crippen LogP contribution in [0.25, 0.3) is 0 Å². The lowest BCUT2D eigenvalue weighted by Crippen LogP contribution is -2.04. The Morgan fingerprint density at radius 3 is 2.54 bits per heavy atom. The molecule has 3 nitrogen and oxygen atoms in total. The standard InChI is InChI=1S/C8H7BrClNO2/c1-3-5(8(12)13)6(9)4(2)11-7(3)10/h1-2H3,(H,12,13). The molecule has 13 heavy (non-hydrogen) atoms. The number of nitrogens with zero attached hydrogens (tertiary/aromatic N) is 1. The maximum atomic E-state index is 10.8. The largest absolute Gasteiger partial charge is 0.478 e. The van der Waals surface area contributed by atoms with Crippen LogP contribution < -0.4 is 0 Å². The van der Waals surface area contributed by atoms with E-state index in [-0.39, 0.29) is 10.7 Å². The fourth-order valence-electron chi connectivity index (χ4n) is 0.983. The van der Waals surface area contributed by atoms with Gasteiger partial charge in [-0.15, -0.1) is 0 Å². The minimum atomic E-state index is -1.00. The summed E-state index contributed by atoms with van der Waals surface area (Å²) in [6.07, 6.45) is 0. The number of pyridine rings is 1. The van der Waals surface area contributed by atoms with Gasteiger partial charge in [-0.3, -0.25) is 0 Å². The zero-order valence-electron chi connectivity index (χ0n) is 7.06. The lowest BCUT2D eigenvalue weighted by Gasteiger charge is -2.07. The van der Waals surface area contributed by atoms with Crippen LogP contribution in [0.3, 0.4) is 0 Å². The molecular formula is C8H7BrClNO2. The number of rotatable bonds is 1. The lowest BCUT2D eigenvalue weighted by molar-refractivity contribution is 0.0695. The van der Waals surface area contributed by atoms with E-state index in [1.807, 2.05) is 0 Å². The summed E-state index contributed by atoms with van der Waals surface area (Å²) >= 11 is 8.90.